The molecule has 1 saturated carbocycles. The standard InChI is InChI=1S/C16H24N2O3S/c1-13-7-3-6-10-15(13)16(19)17-11-12-18(22(2,20)21)14-8-4-5-9-14/h3,6-7,10,14H,4-5,8-9,11-12H2,1-2H3,(H,17,19). The lowest BCUT2D eigenvalue weighted by Crippen LogP contribution is -2.43. The summed E-state index contributed by atoms with van der Waals surface area (Å²) >= 11 is 0. The Labute approximate surface area is 132 Å². The van der Waals surface area contributed by atoms with Gasteiger partial charge in [-0.2, -0.15) is 4.31 Å². The second-order valence-electron chi connectivity index (χ2n) is 5.88. The van der Waals surface area contributed by atoms with Crippen LogP contribution in [0.4, 0.5) is 0 Å². The molecular formula is C16H24N2O3S. The zero-order valence-corrected chi connectivity index (χ0v) is 14.0. The number of hydrogen-bond donors (Lipinski definition) is 1. The molecule has 122 valence electrons. The van der Waals surface area contributed by atoms with Crippen LogP contribution in [0, 0.1) is 6.92 Å². The van der Waals surface area contributed by atoms with Crippen molar-refractivity contribution in [1.82, 2.24) is 9.62 Å². The van der Waals surface area contributed by atoms with Crippen molar-refractivity contribution in [1.29, 1.82) is 0 Å². The van der Waals surface area contributed by atoms with Crippen LogP contribution in [0.3, 0.4) is 0 Å². The highest BCUT2D eigenvalue weighted by atomic mass is 32.2. The first kappa shape index (κ1) is 17.0. The molecule has 1 aliphatic rings. The number of carbonyl (C=O) groups is 1. The number of rotatable bonds is 6. The largest absolute Gasteiger partial charge is 0.351 e. The summed E-state index contributed by atoms with van der Waals surface area (Å²) in [6, 6.07) is 7.46. The van der Waals surface area contributed by atoms with Crippen molar-refractivity contribution in [3.05, 3.63) is 35.4 Å². The van der Waals surface area contributed by atoms with E-state index in [9.17, 15) is 13.2 Å². The van der Waals surface area contributed by atoms with Gasteiger partial charge in [0, 0.05) is 24.7 Å². The van der Waals surface area contributed by atoms with Gasteiger partial charge in [0.05, 0.1) is 6.26 Å². The van der Waals surface area contributed by atoms with Gasteiger partial charge in [-0.05, 0) is 31.4 Å². The maximum atomic E-state index is 12.1. The van der Waals surface area contributed by atoms with Crippen LogP contribution >= 0.6 is 0 Å². The van der Waals surface area contributed by atoms with E-state index >= 15 is 0 Å². The minimum atomic E-state index is -3.24. The smallest absolute Gasteiger partial charge is 0.251 e. The molecule has 1 fully saturated rings. The van der Waals surface area contributed by atoms with E-state index in [4.69, 9.17) is 0 Å². The average Bonchev–Trinajstić information content (AvgIpc) is 2.96. The summed E-state index contributed by atoms with van der Waals surface area (Å²) in [6.07, 6.45) is 5.23. The molecule has 0 aromatic heterocycles. The SMILES string of the molecule is Cc1ccccc1C(=O)NCCN(C1CCCC1)S(C)(=O)=O. The number of carbonyl (C=O) groups excluding carboxylic acids is 1. The summed E-state index contributed by atoms with van der Waals surface area (Å²) in [4.78, 5) is 12.1. The fraction of sp³-hybridized carbons (Fsp3) is 0.562. The van der Waals surface area contributed by atoms with E-state index in [1.807, 2.05) is 25.1 Å². The Morgan fingerprint density at radius 2 is 1.91 bits per heavy atom. The van der Waals surface area contributed by atoms with Gasteiger partial charge in [0.15, 0.2) is 0 Å². The van der Waals surface area contributed by atoms with E-state index in [1.165, 1.54) is 10.6 Å². The molecule has 0 spiro atoms. The molecule has 0 saturated heterocycles. The van der Waals surface area contributed by atoms with Gasteiger partial charge in [-0.3, -0.25) is 4.79 Å². The third kappa shape index (κ3) is 4.30. The second kappa shape index (κ2) is 7.24. The van der Waals surface area contributed by atoms with Crippen LogP contribution in [-0.2, 0) is 10.0 Å². The summed E-state index contributed by atoms with van der Waals surface area (Å²) in [7, 11) is -3.24. The Hall–Kier alpha value is -1.40. The lowest BCUT2D eigenvalue weighted by atomic mass is 10.1. The van der Waals surface area contributed by atoms with Crippen molar-refractivity contribution in [2.45, 2.75) is 38.6 Å². The Morgan fingerprint density at radius 3 is 2.50 bits per heavy atom. The van der Waals surface area contributed by atoms with Gasteiger partial charge >= 0.3 is 0 Å². The van der Waals surface area contributed by atoms with Crippen molar-refractivity contribution >= 4 is 15.9 Å². The van der Waals surface area contributed by atoms with Gasteiger partial charge in [-0.1, -0.05) is 31.0 Å². The van der Waals surface area contributed by atoms with Gasteiger partial charge in [0.2, 0.25) is 10.0 Å². The van der Waals surface area contributed by atoms with Crippen molar-refractivity contribution in [2.24, 2.45) is 0 Å². The molecule has 5 nitrogen and oxygen atoms in total. The van der Waals surface area contributed by atoms with E-state index in [1.54, 1.807) is 6.07 Å². The number of nitrogens with zero attached hydrogens (tertiary/aromatic N) is 1. The number of nitrogens with one attached hydrogen (secondary N) is 1. The summed E-state index contributed by atoms with van der Waals surface area (Å²) in [5.41, 5.74) is 1.55. The Balaban J connectivity index is 1.93. The molecular weight excluding hydrogens is 300 g/mol. The summed E-state index contributed by atoms with van der Waals surface area (Å²) < 4.78 is 25.4. The van der Waals surface area contributed by atoms with Crippen LogP contribution < -0.4 is 5.32 Å². The van der Waals surface area contributed by atoms with E-state index in [0.29, 0.717) is 18.7 Å². The fourth-order valence-corrected chi connectivity index (χ4v) is 4.19. The molecule has 0 atom stereocenters. The van der Waals surface area contributed by atoms with Gasteiger partial charge < -0.3 is 5.32 Å². The first-order valence-electron chi connectivity index (χ1n) is 7.70. The summed E-state index contributed by atoms with van der Waals surface area (Å²) in [5, 5.41) is 2.82. The third-order valence-electron chi connectivity index (χ3n) is 4.17. The lowest BCUT2D eigenvalue weighted by molar-refractivity contribution is 0.0949. The van der Waals surface area contributed by atoms with Crippen LogP contribution in [0.15, 0.2) is 24.3 Å². The second-order valence-corrected chi connectivity index (χ2v) is 7.82. The molecule has 1 aromatic rings. The molecule has 0 unspecified atom stereocenters. The Bertz CT molecular complexity index is 622. The maximum absolute atomic E-state index is 12.1. The predicted molar refractivity (Wildman–Crippen MR) is 87.3 cm³/mol. The highest BCUT2D eigenvalue weighted by molar-refractivity contribution is 7.88. The highest BCUT2D eigenvalue weighted by Gasteiger charge is 2.28. The summed E-state index contributed by atoms with van der Waals surface area (Å²) in [6.45, 7) is 2.55. The Morgan fingerprint density at radius 1 is 1.27 bits per heavy atom. The molecule has 0 bridgehead atoms. The minimum Gasteiger partial charge on any atom is -0.351 e. The van der Waals surface area contributed by atoms with Crippen LogP contribution in [0.1, 0.15) is 41.6 Å². The minimum absolute atomic E-state index is 0.0883. The van der Waals surface area contributed by atoms with E-state index in [2.05, 4.69) is 5.32 Å². The van der Waals surface area contributed by atoms with E-state index in [0.717, 1.165) is 31.2 Å². The lowest BCUT2D eigenvalue weighted by Gasteiger charge is -2.26. The van der Waals surface area contributed by atoms with Crippen molar-refractivity contribution in [2.75, 3.05) is 19.3 Å². The van der Waals surface area contributed by atoms with Gasteiger partial charge in [-0.25, -0.2) is 8.42 Å². The zero-order chi connectivity index (χ0) is 16.2. The third-order valence-corrected chi connectivity index (χ3v) is 5.50. The number of hydrogen-bond acceptors (Lipinski definition) is 3. The van der Waals surface area contributed by atoms with Crippen LogP contribution in [0.25, 0.3) is 0 Å². The van der Waals surface area contributed by atoms with Gasteiger partial charge in [0.25, 0.3) is 5.91 Å². The first-order chi connectivity index (χ1) is 10.4. The molecule has 1 N–H and O–H groups in total. The number of sulfonamides is 1. The highest BCUT2D eigenvalue weighted by Crippen LogP contribution is 2.24. The van der Waals surface area contributed by atoms with E-state index < -0.39 is 10.0 Å². The number of benzene rings is 1. The zero-order valence-electron chi connectivity index (χ0n) is 13.2. The molecule has 2 rings (SSSR count). The monoisotopic (exact) mass is 324 g/mol. The van der Waals surface area contributed by atoms with Crippen molar-refractivity contribution in [3.63, 3.8) is 0 Å². The van der Waals surface area contributed by atoms with Crippen LogP contribution in [0.2, 0.25) is 0 Å². The number of aryl methyl sites for hydroxylation is 1. The van der Waals surface area contributed by atoms with Crippen molar-refractivity contribution < 1.29 is 13.2 Å². The molecule has 22 heavy (non-hydrogen) atoms. The molecule has 0 heterocycles. The average molecular weight is 324 g/mol. The van der Waals surface area contributed by atoms with Crippen LogP contribution in [-0.4, -0.2) is 44.0 Å². The van der Waals surface area contributed by atoms with E-state index in [-0.39, 0.29) is 11.9 Å². The quantitative estimate of drug-likeness (QED) is 0.869. The molecule has 1 aromatic carbocycles. The van der Waals surface area contributed by atoms with Crippen LogP contribution in [0.5, 0.6) is 0 Å². The summed E-state index contributed by atoms with van der Waals surface area (Å²) in [5.74, 6) is -0.155. The van der Waals surface area contributed by atoms with Gasteiger partial charge in [0.1, 0.15) is 0 Å². The first-order valence-corrected chi connectivity index (χ1v) is 9.55. The fourth-order valence-electron chi connectivity index (χ4n) is 3.01. The molecule has 1 amide bonds. The molecule has 0 aliphatic heterocycles. The predicted octanol–water partition coefficient (Wildman–Crippen LogP) is 1.93. The molecule has 6 heteroatoms. The Kier molecular flexibility index (Phi) is 5.58. The maximum Gasteiger partial charge on any atom is 0.251 e. The normalized spacial score (nSPS) is 16.1. The topological polar surface area (TPSA) is 66.5 Å². The van der Waals surface area contributed by atoms with Gasteiger partial charge in [-0.15, -0.1) is 0 Å². The van der Waals surface area contributed by atoms with Crippen molar-refractivity contribution in [3.8, 4) is 0 Å². The number of amides is 1. The molecule has 0 radical (unpaired) electrons. The molecule has 1 aliphatic carbocycles.